The first kappa shape index (κ1) is 18.7. The Bertz CT molecular complexity index is 896. The van der Waals surface area contributed by atoms with Crippen molar-refractivity contribution in [1.82, 2.24) is 5.32 Å². The lowest BCUT2D eigenvalue weighted by Crippen LogP contribution is -2.31. The van der Waals surface area contributed by atoms with Crippen molar-refractivity contribution in [2.75, 3.05) is 17.9 Å². The number of nitrogens with one attached hydrogen (secondary N) is 2. The standard InChI is InChI=1S/C18H19ClN2O4S/c19-16-8-1-2-9-17(16)21-26(23,24)15-7-3-5-13(11-15)18(22)20-12-14-6-4-10-25-14/h1-3,5,7-9,11,14,21H,4,6,10,12H2,(H,20,22)/t14-/m1/s1. The number of rotatable bonds is 6. The Balaban J connectivity index is 1.73. The predicted molar refractivity (Wildman–Crippen MR) is 100 cm³/mol. The molecule has 138 valence electrons. The van der Waals surface area contributed by atoms with Crippen LogP contribution in [0.25, 0.3) is 0 Å². The highest BCUT2D eigenvalue weighted by atomic mass is 35.5. The van der Waals surface area contributed by atoms with Crippen LogP contribution in [-0.2, 0) is 14.8 Å². The number of anilines is 1. The van der Waals surface area contributed by atoms with E-state index in [4.69, 9.17) is 16.3 Å². The molecule has 2 aromatic rings. The predicted octanol–water partition coefficient (Wildman–Crippen LogP) is 3.05. The third kappa shape index (κ3) is 4.55. The molecule has 1 heterocycles. The second-order valence-electron chi connectivity index (χ2n) is 5.96. The summed E-state index contributed by atoms with van der Waals surface area (Å²) in [7, 11) is -3.86. The Kier molecular flexibility index (Phi) is 5.80. The number of ether oxygens (including phenoxy) is 1. The molecule has 1 amide bonds. The molecule has 8 heteroatoms. The van der Waals surface area contributed by atoms with E-state index in [1.807, 2.05) is 0 Å². The van der Waals surface area contributed by atoms with Gasteiger partial charge < -0.3 is 10.1 Å². The highest BCUT2D eigenvalue weighted by molar-refractivity contribution is 7.92. The van der Waals surface area contributed by atoms with Crippen molar-refractivity contribution in [3.05, 3.63) is 59.1 Å². The third-order valence-electron chi connectivity index (χ3n) is 4.04. The first-order valence-electron chi connectivity index (χ1n) is 8.23. The molecule has 0 bridgehead atoms. The number of carbonyl (C=O) groups excluding carboxylic acids is 1. The summed E-state index contributed by atoms with van der Waals surface area (Å²) in [6.45, 7) is 1.12. The van der Waals surface area contributed by atoms with Crippen LogP contribution in [0.2, 0.25) is 5.02 Å². The second-order valence-corrected chi connectivity index (χ2v) is 8.05. The number of hydrogen-bond acceptors (Lipinski definition) is 4. The molecule has 0 saturated carbocycles. The number of carbonyl (C=O) groups is 1. The Hall–Kier alpha value is -2.09. The van der Waals surface area contributed by atoms with E-state index in [2.05, 4.69) is 10.0 Å². The average molecular weight is 395 g/mol. The number of benzene rings is 2. The van der Waals surface area contributed by atoms with Crippen molar-refractivity contribution in [3.8, 4) is 0 Å². The summed E-state index contributed by atoms with van der Waals surface area (Å²) >= 11 is 6.00. The van der Waals surface area contributed by atoms with Crippen LogP contribution in [0.1, 0.15) is 23.2 Å². The smallest absolute Gasteiger partial charge is 0.261 e. The second kappa shape index (κ2) is 8.07. The van der Waals surface area contributed by atoms with Crippen molar-refractivity contribution in [2.24, 2.45) is 0 Å². The van der Waals surface area contributed by atoms with Gasteiger partial charge in [-0.2, -0.15) is 0 Å². The molecule has 0 aromatic heterocycles. The van der Waals surface area contributed by atoms with Crippen molar-refractivity contribution < 1.29 is 17.9 Å². The molecule has 26 heavy (non-hydrogen) atoms. The van der Waals surface area contributed by atoms with Gasteiger partial charge in [-0.3, -0.25) is 9.52 Å². The van der Waals surface area contributed by atoms with Gasteiger partial charge in [0.2, 0.25) is 0 Å². The molecule has 0 aliphatic carbocycles. The Morgan fingerprint density at radius 2 is 2.00 bits per heavy atom. The lowest BCUT2D eigenvalue weighted by atomic mass is 10.2. The van der Waals surface area contributed by atoms with Gasteiger partial charge in [-0.15, -0.1) is 0 Å². The number of halogens is 1. The van der Waals surface area contributed by atoms with E-state index < -0.39 is 10.0 Å². The largest absolute Gasteiger partial charge is 0.376 e. The zero-order chi connectivity index (χ0) is 18.6. The molecule has 3 rings (SSSR count). The van der Waals surface area contributed by atoms with Crippen LogP contribution in [0, 0.1) is 0 Å². The number of para-hydroxylation sites is 1. The maximum atomic E-state index is 12.6. The van der Waals surface area contributed by atoms with Gasteiger partial charge in [0.15, 0.2) is 0 Å². The molecule has 6 nitrogen and oxygen atoms in total. The Morgan fingerprint density at radius 3 is 2.73 bits per heavy atom. The number of sulfonamides is 1. The topological polar surface area (TPSA) is 84.5 Å². The van der Waals surface area contributed by atoms with Crippen LogP contribution in [-0.4, -0.2) is 33.6 Å². The van der Waals surface area contributed by atoms with Gasteiger partial charge >= 0.3 is 0 Å². The molecule has 2 aromatic carbocycles. The van der Waals surface area contributed by atoms with E-state index in [-0.39, 0.29) is 28.2 Å². The minimum atomic E-state index is -3.86. The lowest BCUT2D eigenvalue weighted by molar-refractivity contribution is 0.0857. The van der Waals surface area contributed by atoms with E-state index >= 15 is 0 Å². The normalized spacial score (nSPS) is 17.0. The van der Waals surface area contributed by atoms with Crippen LogP contribution >= 0.6 is 11.6 Å². The summed E-state index contributed by atoms with van der Waals surface area (Å²) in [6, 6.07) is 12.4. The molecule has 1 aliphatic rings. The fraction of sp³-hybridized carbons (Fsp3) is 0.278. The Labute approximate surface area is 157 Å². The van der Waals surface area contributed by atoms with Gasteiger partial charge in [0.1, 0.15) is 0 Å². The summed E-state index contributed by atoms with van der Waals surface area (Å²) in [5.41, 5.74) is 0.549. The summed E-state index contributed by atoms with van der Waals surface area (Å²) in [6.07, 6.45) is 1.92. The maximum absolute atomic E-state index is 12.6. The summed E-state index contributed by atoms with van der Waals surface area (Å²) in [4.78, 5) is 12.3. The van der Waals surface area contributed by atoms with E-state index in [9.17, 15) is 13.2 Å². The molecule has 1 fully saturated rings. The zero-order valence-corrected chi connectivity index (χ0v) is 15.5. The zero-order valence-electron chi connectivity index (χ0n) is 13.9. The fourth-order valence-electron chi connectivity index (χ4n) is 2.67. The molecule has 1 saturated heterocycles. The molecule has 0 spiro atoms. The van der Waals surface area contributed by atoms with Crippen molar-refractivity contribution in [1.29, 1.82) is 0 Å². The number of amides is 1. The molecule has 0 unspecified atom stereocenters. The van der Waals surface area contributed by atoms with Gasteiger partial charge in [-0.25, -0.2) is 8.42 Å². The van der Waals surface area contributed by atoms with E-state index in [0.717, 1.165) is 12.8 Å². The monoisotopic (exact) mass is 394 g/mol. The van der Waals surface area contributed by atoms with E-state index in [0.29, 0.717) is 18.2 Å². The van der Waals surface area contributed by atoms with Crippen molar-refractivity contribution in [3.63, 3.8) is 0 Å². The van der Waals surface area contributed by atoms with Crippen LogP contribution in [0.5, 0.6) is 0 Å². The molecule has 1 atom stereocenters. The average Bonchev–Trinajstić information content (AvgIpc) is 3.15. The van der Waals surface area contributed by atoms with Crippen molar-refractivity contribution >= 4 is 33.2 Å². The molecular weight excluding hydrogens is 376 g/mol. The molecule has 1 aliphatic heterocycles. The van der Waals surface area contributed by atoms with E-state index in [1.165, 1.54) is 18.2 Å². The molecule has 0 radical (unpaired) electrons. The summed E-state index contributed by atoms with van der Waals surface area (Å²) in [5, 5.41) is 3.07. The van der Waals surface area contributed by atoms with Gasteiger partial charge in [-0.1, -0.05) is 29.8 Å². The fourth-order valence-corrected chi connectivity index (χ4v) is 4.03. The quantitative estimate of drug-likeness (QED) is 0.788. The summed E-state index contributed by atoms with van der Waals surface area (Å²) in [5.74, 6) is -0.338. The molecular formula is C18H19ClN2O4S. The first-order valence-corrected chi connectivity index (χ1v) is 10.1. The van der Waals surface area contributed by atoms with E-state index in [1.54, 1.807) is 30.3 Å². The van der Waals surface area contributed by atoms with Gasteiger partial charge in [0.05, 0.1) is 21.7 Å². The SMILES string of the molecule is O=C(NC[C@H]1CCCO1)c1cccc(S(=O)(=O)Nc2ccccc2Cl)c1. The van der Waals surface area contributed by atoms with Gasteiger partial charge in [-0.05, 0) is 43.2 Å². The minimum Gasteiger partial charge on any atom is -0.376 e. The molecule has 2 N–H and O–H groups in total. The summed E-state index contributed by atoms with van der Waals surface area (Å²) < 4.78 is 33.0. The van der Waals surface area contributed by atoms with Gasteiger partial charge in [0, 0.05) is 18.7 Å². The van der Waals surface area contributed by atoms with Crippen molar-refractivity contribution in [2.45, 2.75) is 23.8 Å². The van der Waals surface area contributed by atoms with Crippen LogP contribution in [0.4, 0.5) is 5.69 Å². The van der Waals surface area contributed by atoms with Crippen LogP contribution in [0.3, 0.4) is 0 Å². The number of hydrogen-bond donors (Lipinski definition) is 2. The van der Waals surface area contributed by atoms with Gasteiger partial charge in [0.25, 0.3) is 15.9 Å². The lowest BCUT2D eigenvalue weighted by Gasteiger charge is -2.12. The third-order valence-corrected chi connectivity index (χ3v) is 5.73. The first-order chi connectivity index (χ1) is 12.5. The Morgan fingerprint density at radius 1 is 1.19 bits per heavy atom. The van der Waals surface area contributed by atoms with Crippen LogP contribution < -0.4 is 10.0 Å². The van der Waals surface area contributed by atoms with Crippen LogP contribution in [0.15, 0.2) is 53.4 Å². The maximum Gasteiger partial charge on any atom is 0.261 e. The minimum absolute atomic E-state index is 0.0119. The highest BCUT2D eigenvalue weighted by Crippen LogP contribution is 2.24. The highest BCUT2D eigenvalue weighted by Gasteiger charge is 2.19.